The van der Waals surface area contributed by atoms with Gasteiger partial charge in [-0.25, -0.2) is 9.37 Å². The van der Waals surface area contributed by atoms with E-state index >= 15 is 0 Å². The first kappa shape index (κ1) is 24.6. The summed E-state index contributed by atoms with van der Waals surface area (Å²) in [5.41, 5.74) is 3.44. The quantitative estimate of drug-likeness (QED) is 0.464. The third-order valence-electron chi connectivity index (χ3n) is 5.80. The van der Waals surface area contributed by atoms with Crippen LogP contribution in [0.25, 0.3) is 0 Å². The van der Waals surface area contributed by atoms with E-state index in [1.807, 2.05) is 0 Å². The number of nitrogens with zero attached hydrogens (tertiary/aromatic N) is 3. The van der Waals surface area contributed by atoms with Gasteiger partial charge in [0.1, 0.15) is 11.6 Å². The fraction of sp³-hybridized carbons (Fsp3) is 0.417. The molecular formula is C24H28ClFN4O3. The number of carboxylic acids is 1. The monoisotopic (exact) mass is 474 g/mol. The summed E-state index contributed by atoms with van der Waals surface area (Å²) >= 11 is 0. The van der Waals surface area contributed by atoms with Crippen LogP contribution in [-0.2, 0) is 30.5 Å². The minimum atomic E-state index is -0.956. The first-order valence-corrected chi connectivity index (χ1v) is 11.0. The fourth-order valence-electron chi connectivity index (χ4n) is 4.00. The Balaban J connectivity index is 0.00000306. The molecule has 0 amide bonds. The van der Waals surface area contributed by atoms with Gasteiger partial charge in [0, 0.05) is 31.0 Å². The summed E-state index contributed by atoms with van der Waals surface area (Å²) in [5, 5.41) is 16.7. The SMILES string of the molecule is Cc1ccc(C(CC(=O)O)Cc2nc(CCCc3ccc4c(n3)NCCC4)no2)cc1F.Cl. The smallest absolute Gasteiger partial charge is 0.303 e. The molecule has 1 aromatic carbocycles. The Morgan fingerprint density at radius 1 is 1.24 bits per heavy atom. The Morgan fingerprint density at radius 3 is 2.88 bits per heavy atom. The van der Waals surface area contributed by atoms with E-state index in [0.717, 1.165) is 43.7 Å². The van der Waals surface area contributed by atoms with Crippen LogP contribution in [0.4, 0.5) is 10.2 Å². The standard InChI is InChI=1S/C24H27FN4O3.ClH/c1-15-7-8-17(12-20(15)25)18(14-23(30)31)13-22-28-21(29-32-22)6-2-5-19-10-9-16-4-3-11-26-24(16)27-19;/h7-10,12,18H,2-6,11,13-14H2,1H3,(H,26,27)(H,30,31);1H. The molecule has 2 N–H and O–H groups in total. The Labute approximate surface area is 198 Å². The van der Waals surface area contributed by atoms with Crippen molar-refractivity contribution in [2.24, 2.45) is 0 Å². The molecule has 7 nitrogen and oxygen atoms in total. The number of aromatic nitrogens is 3. The Hall–Kier alpha value is -3.00. The number of hydrogen-bond donors (Lipinski definition) is 2. The molecule has 0 spiro atoms. The number of carbonyl (C=O) groups is 1. The highest BCUT2D eigenvalue weighted by atomic mass is 35.5. The molecule has 0 saturated carbocycles. The molecule has 9 heteroatoms. The van der Waals surface area contributed by atoms with Crippen LogP contribution < -0.4 is 5.32 Å². The van der Waals surface area contributed by atoms with Gasteiger partial charge in [-0.15, -0.1) is 12.4 Å². The number of fused-ring (bicyclic) bond motifs is 1. The molecule has 3 heterocycles. The molecule has 4 rings (SSSR count). The zero-order chi connectivity index (χ0) is 22.5. The van der Waals surface area contributed by atoms with E-state index in [9.17, 15) is 14.3 Å². The largest absolute Gasteiger partial charge is 0.481 e. The third-order valence-corrected chi connectivity index (χ3v) is 5.80. The van der Waals surface area contributed by atoms with E-state index in [0.29, 0.717) is 29.3 Å². The van der Waals surface area contributed by atoms with Crippen molar-refractivity contribution in [2.45, 2.75) is 57.8 Å². The predicted molar refractivity (Wildman–Crippen MR) is 124 cm³/mol. The Morgan fingerprint density at radius 2 is 2.09 bits per heavy atom. The van der Waals surface area contributed by atoms with Crippen LogP contribution in [0.2, 0.25) is 0 Å². The van der Waals surface area contributed by atoms with Gasteiger partial charge < -0.3 is 14.9 Å². The normalized spacial score (nSPS) is 13.5. The molecule has 1 unspecified atom stereocenters. The van der Waals surface area contributed by atoms with Gasteiger partial charge in [0.15, 0.2) is 5.82 Å². The first-order valence-electron chi connectivity index (χ1n) is 11.0. The summed E-state index contributed by atoms with van der Waals surface area (Å²) in [6.45, 7) is 2.64. The van der Waals surface area contributed by atoms with Crippen molar-refractivity contribution in [2.75, 3.05) is 11.9 Å². The number of benzene rings is 1. The molecule has 3 aromatic rings. The van der Waals surface area contributed by atoms with Gasteiger partial charge in [0.25, 0.3) is 0 Å². The fourth-order valence-corrected chi connectivity index (χ4v) is 4.00. The van der Waals surface area contributed by atoms with Crippen molar-refractivity contribution < 1.29 is 18.8 Å². The number of pyridine rings is 1. The van der Waals surface area contributed by atoms with E-state index in [1.54, 1.807) is 19.1 Å². The molecule has 0 bridgehead atoms. The van der Waals surface area contributed by atoms with Crippen LogP contribution >= 0.6 is 12.4 Å². The lowest BCUT2D eigenvalue weighted by molar-refractivity contribution is -0.137. The van der Waals surface area contributed by atoms with Crippen LogP contribution in [0.3, 0.4) is 0 Å². The second kappa shape index (κ2) is 11.2. The highest BCUT2D eigenvalue weighted by molar-refractivity contribution is 5.85. The zero-order valence-electron chi connectivity index (χ0n) is 18.5. The molecule has 33 heavy (non-hydrogen) atoms. The highest BCUT2D eigenvalue weighted by Gasteiger charge is 2.21. The van der Waals surface area contributed by atoms with Gasteiger partial charge in [-0.2, -0.15) is 4.98 Å². The topological polar surface area (TPSA) is 101 Å². The van der Waals surface area contributed by atoms with Crippen molar-refractivity contribution in [1.29, 1.82) is 0 Å². The first-order chi connectivity index (χ1) is 15.5. The van der Waals surface area contributed by atoms with Gasteiger partial charge in [-0.05, 0) is 61.4 Å². The summed E-state index contributed by atoms with van der Waals surface area (Å²) < 4.78 is 19.3. The average molecular weight is 475 g/mol. The third kappa shape index (κ3) is 6.51. The molecule has 0 saturated heterocycles. The van der Waals surface area contributed by atoms with E-state index in [-0.39, 0.29) is 31.1 Å². The van der Waals surface area contributed by atoms with Gasteiger partial charge in [0.05, 0.1) is 6.42 Å². The molecule has 0 fully saturated rings. The zero-order valence-corrected chi connectivity index (χ0v) is 19.3. The van der Waals surface area contributed by atoms with Crippen LogP contribution in [0.5, 0.6) is 0 Å². The second-order valence-corrected chi connectivity index (χ2v) is 8.31. The number of rotatable bonds is 9. The number of anilines is 1. The number of hydrogen-bond acceptors (Lipinski definition) is 6. The Kier molecular flexibility index (Phi) is 8.38. The van der Waals surface area contributed by atoms with Gasteiger partial charge in [-0.1, -0.05) is 23.4 Å². The predicted octanol–water partition coefficient (Wildman–Crippen LogP) is 4.67. The minimum Gasteiger partial charge on any atom is -0.481 e. The van der Waals surface area contributed by atoms with Gasteiger partial charge >= 0.3 is 5.97 Å². The van der Waals surface area contributed by atoms with Crippen molar-refractivity contribution in [3.05, 3.63) is 70.2 Å². The summed E-state index contributed by atoms with van der Waals surface area (Å²) in [4.78, 5) is 20.5. The molecular weight excluding hydrogens is 447 g/mol. The van der Waals surface area contributed by atoms with Gasteiger partial charge in [-0.3, -0.25) is 4.79 Å². The Bertz CT molecular complexity index is 1110. The number of halogens is 2. The van der Waals surface area contributed by atoms with Crippen molar-refractivity contribution >= 4 is 24.2 Å². The molecule has 1 aliphatic rings. The molecule has 1 atom stereocenters. The maximum atomic E-state index is 14.0. The van der Waals surface area contributed by atoms with Crippen LogP contribution in [0.15, 0.2) is 34.9 Å². The number of nitrogens with one attached hydrogen (secondary N) is 1. The van der Waals surface area contributed by atoms with Crippen LogP contribution in [0, 0.1) is 12.7 Å². The van der Waals surface area contributed by atoms with E-state index in [1.165, 1.54) is 11.6 Å². The van der Waals surface area contributed by atoms with E-state index in [4.69, 9.17) is 9.51 Å². The number of aliphatic carboxylic acids is 1. The van der Waals surface area contributed by atoms with Crippen LogP contribution in [0.1, 0.15) is 59.3 Å². The molecule has 2 aromatic heterocycles. The second-order valence-electron chi connectivity index (χ2n) is 8.31. The lowest BCUT2D eigenvalue weighted by Crippen LogP contribution is -2.14. The molecule has 0 aliphatic carbocycles. The lowest BCUT2D eigenvalue weighted by atomic mass is 9.91. The van der Waals surface area contributed by atoms with E-state index in [2.05, 4.69) is 27.6 Å². The van der Waals surface area contributed by atoms with Gasteiger partial charge in [0.2, 0.25) is 5.89 Å². The average Bonchev–Trinajstić information content (AvgIpc) is 3.22. The summed E-state index contributed by atoms with van der Waals surface area (Å²) in [6, 6.07) is 9.02. The van der Waals surface area contributed by atoms with Crippen molar-refractivity contribution in [3.63, 3.8) is 0 Å². The maximum absolute atomic E-state index is 14.0. The summed E-state index contributed by atoms with van der Waals surface area (Å²) in [6.07, 6.45) is 4.59. The molecule has 1 aliphatic heterocycles. The van der Waals surface area contributed by atoms with Crippen LogP contribution in [-0.4, -0.2) is 32.7 Å². The minimum absolute atomic E-state index is 0. The molecule has 176 valence electrons. The number of carboxylic acid groups (broad SMARTS) is 1. The lowest BCUT2D eigenvalue weighted by Gasteiger charge is -2.17. The van der Waals surface area contributed by atoms with E-state index < -0.39 is 11.9 Å². The number of aryl methyl sites for hydroxylation is 4. The summed E-state index contributed by atoms with van der Waals surface area (Å²) in [7, 11) is 0. The van der Waals surface area contributed by atoms with Crippen molar-refractivity contribution in [1.82, 2.24) is 15.1 Å². The van der Waals surface area contributed by atoms with Crippen molar-refractivity contribution in [3.8, 4) is 0 Å². The summed E-state index contributed by atoms with van der Waals surface area (Å²) in [5.74, 6) is 0.192. The maximum Gasteiger partial charge on any atom is 0.303 e. The highest BCUT2D eigenvalue weighted by Crippen LogP contribution is 2.26. The molecule has 0 radical (unpaired) electrons.